The molecule has 9 heteroatoms. The summed E-state index contributed by atoms with van der Waals surface area (Å²) in [5.41, 5.74) is 5.56. The molecule has 4 rings (SSSR count). The summed E-state index contributed by atoms with van der Waals surface area (Å²) in [5, 5.41) is 4.00. The summed E-state index contributed by atoms with van der Waals surface area (Å²) >= 11 is 0. The van der Waals surface area contributed by atoms with Gasteiger partial charge in [-0.05, 0) is 119 Å². The van der Waals surface area contributed by atoms with Gasteiger partial charge in [0.15, 0.2) is 0 Å². The van der Waals surface area contributed by atoms with Gasteiger partial charge >= 0.3 is 37.7 Å². The van der Waals surface area contributed by atoms with Crippen LogP contribution >= 0.6 is 0 Å². The van der Waals surface area contributed by atoms with Crippen LogP contribution in [-0.2, 0) is 45.9 Å². The standard InChI is InChI=1S/2C36H60O3S.Ca/c2*1-3-5-7-9-11-13-15-17-19-21-23-25-32-27-28-33-31-34(40(37,38)39)29-30-36(33)35(32)26-24-22-20-18-16-14-12-10-8-6-4-2;/h2*27-31H,3-26H2,1-2H3,(H,37,38,39);/q;;+2/p-2. The van der Waals surface area contributed by atoms with Crippen molar-refractivity contribution in [2.75, 3.05) is 0 Å². The van der Waals surface area contributed by atoms with Gasteiger partial charge < -0.3 is 9.11 Å². The third kappa shape index (κ3) is 35.0. The van der Waals surface area contributed by atoms with Gasteiger partial charge in [0, 0.05) is 0 Å². The van der Waals surface area contributed by atoms with Gasteiger partial charge in [-0.15, -0.1) is 0 Å². The van der Waals surface area contributed by atoms with Crippen molar-refractivity contribution in [3.63, 3.8) is 0 Å². The molecule has 0 spiro atoms. The van der Waals surface area contributed by atoms with Gasteiger partial charge in [-0.2, -0.15) is 0 Å². The molecular weight excluding hydrogens is 1060 g/mol. The first-order valence-electron chi connectivity index (χ1n) is 33.9. The molecule has 81 heavy (non-hydrogen) atoms. The topological polar surface area (TPSA) is 114 Å². The van der Waals surface area contributed by atoms with Gasteiger partial charge in [0.2, 0.25) is 0 Å². The van der Waals surface area contributed by atoms with Crippen molar-refractivity contribution < 1.29 is 25.9 Å². The largest absolute Gasteiger partial charge is 2.00 e. The molecule has 0 bridgehead atoms. The van der Waals surface area contributed by atoms with Gasteiger partial charge in [-0.3, -0.25) is 0 Å². The van der Waals surface area contributed by atoms with Crippen molar-refractivity contribution in [1.29, 1.82) is 0 Å². The van der Waals surface area contributed by atoms with E-state index in [1.165, 1.54) is 317 Å². The van der Waals surface area contributed by atoms with Gasteiger partial charge in [-0.1, -0.05) is 321 Å². The fraction of sp³-hybridized carbons (Fsp3) is 0.722. The Bertz CT molecular complexity index is 2230. The Hall–Kier alpha value is -1.52. The van der Waals surface area contributed by atoms with Crippen LogP contribution < -0.4 is 0 Å². The van der Waals surface area contributed by atoms with Crippen molar-refractivity contribution in [3.8, 4) is 0 Å². The summed E-state index contributed by atoms with van der Waals surface area (Å²) in [5.74, 6) is 0. The number of hydrogen-bond acceptors (Lipinski definition) is 6. The summed E-state index contributed by atoms with van der Waals surface area (Å²) < 4.78 is 69.5. The molecule has 0 aliphatic rings. The van der Waals surface area contributed by atoms with Crippen LogP contribution in [0.1, 0.15) is 332 Å². The minimum atomic E-state index is -4.44. The number of unbranched alkanes of at least 4 members (excludes halogenated alkanes) is 40. The van der Waals surface area contributed by atoms with Crippen molar-refractivity contribution >= 4 is 79.5 Å². The molecule has 0 aliphatic carbocycles. The molecule has 4 aromatic rings. The van der Waals surface area contributed by atoms with E-state index >= 15 is 0 Å². The smallest absolute Gasteiger partial charge is 0.744 e. The Balaban J connectivity index is 0.000000547. The average molecular weight is 1180 g/mol. The molecule has 0 aliphatic heterocycles. The van der Waals surface area contributed by atoms with E-state index in [-0.39, 0.29) is 47.5 Å². The molecule has 0 amide bonds. The van der Waals surface area contributed by atoms with Gasteiger partial charge in [-0.25, -0.2) is 16.8 Å². The summed E-state index contributed by atoms with van der Waals surface area (Å²) in [6.07, 6.45) is 63.2. The molecule has 0 N–H and O–H groups in total. The first kappa shape index (κ1) is 75.6. The molecule has 0 heterocycles. The molecule has 0 saturated carbocycles. The SMILES string of the molecule is CCCCCCCCCCCCCc1ccc2cc(S(=O)(=O)[O-])ccc2c1CCCCCCCCCCCCC.CCCCCCCCCCCCCc1ccc2cc(S(=O)(=O)[O-])ccc2c1CCCCCCCCCCCCC.[Ca+2]. The zero-order valence-corrected chi connectivity index (χ0v) is 56.5. The minimum absolute atomic E-state index is 0. The van der Waals surface area contributed by atoms with Crippen molar-refractivity contribution in [3.05, 3.63) is 82.9 Å². The van der Waals surface area contributed by atoms with E-state index < -0.39 is 20.2 Å². The fourth-order valence-corrected chi connectivity index (χ4v) is 13.1. The Kier molecular flexibility index (Phi) is 45.3. The molecule has 0 atom stereocenters. The fourth-order valence-electron chi connectivity index (χ4n) is 12.1. The summed E-state index contributed by atoms with van der Waals surface area (Å²) in [6.45, 7) is 9.09. The van der Waals surface area contributed by atoms with E-state index in [1.54, 1.807) is 12.1 Å². The Morgan fingerprint density at radius 2 is 0.481 bits per heavy atom. The van der Waals surface area contributed by atoms with E-state index in [4.69, 9.17) is 0 Å². The average Bonchev–Trinajstić information content (AvgIpc) is 3.54. The predicted molar refractivity (Wildman–Crippen MR) is 350 cm³/mol. The number of benzene rings is 4. The van der Waals surface area contributed by atoms with Crippen molar-refractivity contribution in [2.24, 2.45) is 0 Å². The van der Waals surface area contributed by atoms with Crippen LogP contribution in [-0.4, -0.2) is 63.7 Å². The summed E-state index contributed by atoms with van der Waals surface area (Å²) in [6, 6.07) is 18.3. The van der Waals surface area contributed by atoms with E-state index in [2.05, 4.69) is 39.8 Å². The van der Waals surface area contributed by atoms with Crippen LogP contribution in [0, 0.1) is 0 Å². The molecule has 456 valence electrons. The third-order valence-corrected chi connectivity index (χ3v) is 18.8. The number of hydrogen-bond donors (Lipinski definition) is 0. The second-order valence-corrected chi connectivity index (χ2v) is 27.0. The second kappa shape index (κ2) is 48.6. The van der Waals surface area contributed by atoms with Gasteiger partial charge in [0.25, 0.3) is 0 Å². The van der Waals surface area contributed by atoms with E-state index in [0.717, 1.165) is 47.2 Å². The van der Waals surface area contributed by atoms with Crippen molar-refractivity contribution in [2.45, 2.75) is 346 Å². The molecule has 0 fully saturated rings. The van der Waals surface area contributed by atoms with Crippen molar-refractivity contribution in [1.82, 2.24) is 0 Å². The van der Waals surface area contributed by atoms with E-state index in [0.29, 0.717) is 0 Å². The van der Waals surface area contributed by atoms with Crippen LogP contribution in [0.15, 0.2) is 70.5 Å². The number of rotatable bonds is 50. The molecule has 0 aromatic heterocycles. The van der Waals surface area contributed by atoms with E-state index in [1.807, 2.05) is 24.3 Å². The van der Waals surface area contributed by atoms with Crippen LogP contribution in [0.5, 0.6) is 0 Å². The monoisotopic (exact) mass is 1180 g/mol. The van der Waals surface area contributed by atoms with Gasteiger partial charge in [0.1, 0.15) is 20.2 Å². The maximum absolute atomic E-state index is 11.6. The second-order valence-electron chi connectivity index (χ2n) is 24.2. The third-order valence-electron chi connectivity index (χ3n) is 17.1. The molecule has 0 unspecified atom stereocenters. The van der Waals surface area contributed by atoms with Crippen LogP contribution in [0.3, 0.4) is 0 Å². The normalized spacial score (nSPS) is 11.8. The van der Waals surface area contributed by atoms with Gasteiger partial charge in [0.05, 0.1) is 9.79 Å². The molecule has 4 aromatic carbocycles. The maximum atomic E-state index is 11.6. The maximum Gasteiger partial charge on any atom is 2.00 e. The molecule has 0 radical (unpaired) electrons. The van der Waals surface area contributed by atoms with Crippen LogP contribution in [0.4, 0.5) is 0 Å². The summed E-state index contributed by atoms with van der Waals surface area (Å²) in [7, 11) is -8.88. The minimum Gasteiger partial charge on any atom is -0.744 e. The zero-order valence-electron chi connectivity index (χ0n) is 52.7. The molecule has 6 nitrogen and oxygen atoms in total. The molecular formula is C72H118CaO6S2. The quantitative estimate of drug-likeness (QED) is 0.0247. The van der Waals surface area contributed by atoms with E-state index in [9.17, 15) is 25.9 Å². The van der Waals surface area contributed by atoms with Crippen LogP contribution in [0.2, 0.25) is 0 Å². The number of aryl methyl sites for hydroxylation is 4. The Morgan fingerprint density at radius 3 is 0.704 bits per heavy atom. The Labute approximate surface area is 529 Å². The molecule has 0 saturated heterocycles. The zero-order chi connectivity index (χ0) is 57.8. The van der Waals surface area contributed by atoms with Crippen LogP contribution in [0.25, 0.3) is 21.5 Å². The predicted octanol–water partition coefficient (Wildman–Crippen LogP) is 22.5. The Morgan fingerprint density at radius 1 is 0.272 bits per heavy atom. The number of fused-ring (bicyclic) bond motifs is 2. The summed E-state index contributed by atoms with van der Waals surface area (Å²) in [4.78, 5) is -0.252. The first-order chi connectivity index (χ1) is 38.9. The first-order valence-corrected chi connectivity index (χ1v) is 36.8.